The van der Waals surface area contributed by atoms with Crippen LogP contribution in [0.25, 0.3) is 0 Å². The SMILES string of the molecule is CCC1OC(OCc2cn(C[C@@H]3CC[C@@H]4CC[C@@H](C)N4C(=O)[C@@H]3NC(=O)OCc3ccccc3)nn2)C(C)C(C)C1C. The first-order chi connectivity index (χ1) is 20.2. The molecular weight excluding hydrogens is 534 g/mol. The lowest BCUT2D eigenvalue weighted by Gasteiger charge is -2.43. The maximum absolute atomic E-state index is 13.8. The topological polar surface area (TPSA) is 108 Å². The van der Waals surface area contributed by atoms with Crippen molar-refractivity contribution in [3.63, 3.8) is 0 Å². The van der Waals surface area contributed by atoms with Crippen LogP contribution in [0.2, 0.25) is 0 Å². The Labute approximate surface area is 249 Å². The molecule has 3 aliphatic rings. The van der Waals surface area contributed by atoms with Crippen LogP contribution >= 0.6 is 0 Å². The highest BCUT2D eigenvalue weighted by atomic mass is 16.7. The lowest BCUT2D eigenvalue weighted by Crippen LogP contribution is -2.53. The van der Waals surface area contributed by atoms with Gasteiger partial charge in [-0.3, -0.25) is 9.48 Å². The first-order valence-corrected chi connectivity index (χ1v) is 15.7. The molecule has 3 saturated heterocycles. The number of nitrogens with zero attached hydrogens (tertiary/aromatic N) is 4. The van der Waals surface area contributed by atoms with E-state index in [4.69, 9.17) is 14.2 Å². The number of aromatic nitrogens is 3. The van der Waals surface area contributed by atoms with E-state index < -0.39 is 12.1 Å². The Morgan fingerprint density at radius 3 is 2.55 bits per heavy atom. The minimum atomic E-state index is -0.700. The number of fused-ring (bicyclic) bond motifs is 1. The van der Waals surface area contributed by atoms with E-state index in [0.717, 1.165) is 37.7 Å². The Kier molecular flexibility index (Phi) is 9.83. The third kappa shape index (κ3) is 6.80. The predicted molar refractivity (Wildman–Crippen MR) is 157 cm³/mol. The number of carbonyl (C=O) groups excluding carboxylic acids is 2. The van der Waals surface area contributed by atoms with Crippen LogP contribution in [0.3, 0.4) is 0 Å². The van der Waals surface area contributed by atoms with E-state index in [9.17, 15) is 9.59 Å². The van der Waals surface area contributed by atoms with Crippen molar-refractivity contribution in [2.45, 2.75) is 117 Å². The molecule has 42 heavy (non-hydrogen) atoms. The van der Waals surface area contributed by atoms with E-state index in [1.54, 1.807) is 4.68 Å². The summed E-state index contributed by atoms with van der Waals surface area (Å²) in [6.07, 6.45) is 5.82. The van der Waals surface area contributed by atoms with E-state index in [1.165, 1.54) is 0 Å². The van der Waals surface area contributed by atoms with Gasteiger partial charge >= 0.3 is 6.09 Å². The van der Waals surface area contributed by atoms with Crippen molar-refractivity contribution in [3.8, 4) is 0 Å². The van der Waals surface area contributed by atoms with Crippen LogP contribution in [-0.2, 0) is 38.8 Å². The molecule has 0 radical (unpaired) electrons. The molecule has 10 heteroatoms. The lowest BCUT2D eigenvalue weighted by molar-refractivity contribution is -0.253. The standard InChI is InChI=1S/C32H47N5O5/c1-6-28-22(4)21(3)23(5)31(42-28)40-19-26-17-36(35-34-26)16-25-13-15-27-14-12-20(2)37(27)30(38)29(25)33-32(39)41-18-24-10-8-7-9-11-24/h7-11,17,20-23,25,27-29,31H,6,12-16,18-19H2,1-5H3,(H,33,39)/t20-,21?,22?,23?,25+,27+,28?,29-,31?/m1/s1. The molecule has 10 nitrogen and oxygen atoms in total. The van der Waals surface area contributed by atoms with Gasteiger partial charge in [-0.25, -0.2) is 4.79 Å². The Bertz CT molecular complexity index is 1190. The van der Waals surface area contributed by atoms with Gasteiger partial charge in [0.05, 0.1) is 18.9 Å². The molecule has 0 bridgehead atoms. The molecule has 5 unspecified atom stereocenters. The Morgan fingerprint density at radius 1 is 1.02 bits per heavy atom. The largest absolute Gasteiger partial charge is 0.445 e. The third-order valence-corrected chi connectivity index (χ3v) is 9.92. The molecule has 230 valence electrons. The summed E-state index contributed by atoms with van der Waals surface area (Å²) < 4.78 is 19.8. The van der Waals surface area contributed by atoms with Gasteiger partial charge in [-0.2, -0.15) is 0 Å². The quantitative estimate of drug-likeness (QED) is 0.448. The summed E-state index contributed by atoms with van der Waals surface area (Å²) in [6.45, 7) is 11.9. The molecule has 1 aromatic carbocycles. The summed E-state index contributed by atoms with van der Waals surface area (Å²) in [4.78, 5) is 28.7. The van der Waals surface area contributed by atoms with Gasteiger partial charge < -0.3 is 24.4 Å². The van der Waals surface area contributed by atoms with Crippen molar-refractivity contribution in [1.29, 1.82) is 0 Å². The van der Waals surface area contributed by atoms with Crippen LogP contribution in [0.15, 0.2) is 36.5 Å². The van der Waals surface area contributed by atoms with Gasteiger partial charge in [-0.1, -0.05) is 63.2 Å². The van der Waals surface area contributed by atoms with Crippen molar-refractivity contribution in [2.75, 3.05) is 0 Å². The fraction of sp³-hybridized carbons (Fsp3) is 0.688. The van der Waals surface area contributed by atoms with Gasteiger partial charge in [0, 0.05) is 30.5 Å². The van der Waals surface area contributed by atoms with E-state index in [1.807, 2.05) is 41.4 Å². The van der Waals surface area contributed by atoms with Crippen molar-refractivity contribution < 1.29 is 23.8 Å². The number of amides is 2. The van der Waals surface area contributed by atoms with Crippen molar-refractivity contribution in [3.05, 3.63) is 47.8 Å². The highest BCUT2D eigenvalue weighted by molar-refractivity contribution is 5.87. The zero-order valence-electron chi connectivity index (χ0n) is 25.6. The van der Waals surface area contributed by atoms with Crippen LogP contribution < -0.4 is 5.32 Å². The van der Waals surface area contributed by atoms with Gasteiger partial charge in [0.2, 0.25) is 5.91 Å². The fourth-order valence-corrected chi connectivity index (χ4v) is 7.00. The number of rotatable bonds is 9. The summed E-state index contributed by atoms with van der Waals surface area (Å²) in [5.74, 6) is 1.08. The molecule has 3 aliphatic heterocycles. The average molecular weight is 582 g/mol. The second-order valence-corrected chi connectivity index (χ2v) is 12.6. The lowest BCUT2D eigenvalue weighted by atomic mass is 9.78. The Hall–Kier alpha value is -2.98. The number of hydrogen-bond acceptors (Lipinski definition) is 7. The van der Waals surface area contributed by atoms with Gasteiger partial charge in [-0.05, 0) is 56.4 Å². The molecule has 2 aromatic rings. The van der Waals surface area contributed by atoms with E-state index >= 15 is 0 Å². The maximum Gasteiger partial charge on any atom is 0.408 e. The van der Waals surface area contributed by atoms with Crippen LogP contribution in [-0.4, -0.2) is 62.4 Å². The van der Waals surface area contributed by atoms with E-state index in [-0.39, 0.29) is 48.8 Å². The number of nitrogens with one attached hydrogen (secondary N) is 1. The van der Waals surface area contributed by atoms with Crippen molar-refractivity contribution >= 4 is 12.0 Å². The number of benzene rings is 1. The molecule has 0 spiro atoms. The molecule has 2 amide bonds. The highest BCUT2D eigenvalue weighted by Gasteiger charge is 2.44. The molecule has 5 rings (SSSR count). The summed E-state index contributed by atoms with van der Waals surface area (Å²) >= 11 is 0. The van der Waals surface area contributed by atoms with Crippen LogP contribution in [0.4, 0.5) is 4.79 Å². The zero-order chi connectivity index (χ0) is 29.8. The van der Waals surface area contributed by atoms with Gasteiger partial charge in [0.25, 0.3) is 0 Å². The molecule has 0 saturated carbocycles. The maximum atomic E-state index is 13.8. The Morgan fingerprint density at radius 2 is 1.79 bits per heavy atom. The molecule has 9 atom stereocenters. The second kappa shape index (κ2) is 13.5. The first kappa shape index (κ1) is 30.5. The molecule has 1 N–H and O–H groups in total. The smallest absolute Gasteiger partial charge is 0.408 e. The van der Waals surface area contributed by atoms with Crippen molar-refractivity contribution in [1.82, 2.24) is 25.2 Å². The number of carbonyl (C=O) groups is 2. The molecule has 4 heterocycles. The number of hydrogen-bond donors (Lipinski definition) is 1. The molecule has 1 aromatic heterocycles. The highest BCUT2D eigenvalue weighted by Crippen LogP contribution is 2.37. The Balaban J connectivity index is 1.23. The summed E-state index contributed by atoms with van der Waals surface area (Å²) in [5.41, 5.74) is 1.61. The number of alkyl carbamates (subject to hydrolysis) is 1. The normalized spacial score (nSPS) is 33.2. The second-order valence-electron chi connectivity index (χ2n) is 12.6. The molecule has 3 fully saturated rings. The first-order valence-electron chi connectivity index (χ1n) is 15.7. The van der Waals surface area contributed by atoms with Gasteiger partial charge in [0.15, 0.2) is 6.29 Å². The average Bonchev–Trinajstić information content (AvgIpc) is 3.58. The minimum Gasteiger partial charge on any atom is -0.445 e. The van der Waals surface area contributed by atoms with E-state index in [2.05, 4.69) is 50.2 Å². The summed E-state index contributed by atoms with van der Waals surface area (Å²) in [5, 5.41) is 11.6. The summed E-state index contributed by atoms with van der Waals surface area (Å²) in [7, 11) is 0. The summed E-state index contributed by atoms with van der Waals surface area (Å²) in [6, 6.07) is 9.19. The minimum absolute atomic E-state index is 0.0369. The van der Waals surface area contributed by atoms with Crippen LogP contribution in [0.5, 0.6) is 0 Å². The van der Waals surface area contributed by atoms with E-state index in [0.29, 0.717) is 30.7 Å². The van der Waals surface area contributed by atoms with Gasteiger partial charge in [-0.15, -0.1) is 5.10 Å². The predicted octanol–water partition coefficient (Wildman–Crippen LogP) is 4.92. The van der Waals surface area contributed by atoms with Gasteiger partial charge in [0.1, 0.15) is 18.3 Å². The molecular formula is C32H47N5O5. The monoisotopic (exact) mass is 581 g/mol. The third-order valence-electron chi connectivity index (χ3n) is 9.92. The van der Waals surface area contributed by atoms with Crippen LogP contribution in [0, 0.1) is 23.7 Å². The number of ether oxygens (including phenoxy) is 3. The zero-order valence-corrected chi connectivity index (χ0v) is 25.6. The van der Waals surface area contributed by atoms with Crippen LogP contribution in [0.1, 0.15) is 78.0 Å². The van der Waals surface area contributed by atoms with Crippen molar-refractivity contribution in [2.24, 2.45) is 23.7 Å². The molecule has 0 aliphatic carbocycles. The fourth-order valence-electron chi connectivity index (χ4n) is 7.00.